The first kappa shape index (κ1) is 17.7. The van der Waals surface area contributed by atoms with Gasteiger partial charge in [-0.25, -0.2) is 4.98 Å². The fourth-order valence-electron chi connectivity index (χ4n) is 2.73. The van der Waals surface area contributed by atoms with Gasteiger partial charge in [-0.2, -0.15) is 0 Å². The molecule has 1 amide bonds. The van der Waals surface area contributed by atoms with E-state index in [4.69, 9.17) is 0 Å². The average molecular weight is 360 g/mol. The van der Waals surface area contributed by atoms with Crippen LogP contribution in [-0.4, -0.2) is 44.5 Å². The largest absolute Gasteiger partial charge is 0.357 e. The number of hydrogen-bond donors (Lipinski definition) is 1. The van der Waals surface area contributed by atoms with Gasteiger partial charge in [-0.3, -0.25) is 4.79 Å². The van der Waals surface area contributed by atoms with E-state index in [0.29, 0.717) is 12.3 Å². The second-order valence-electron chi connectivity index (χ2n) is 6.40. The minimum atomic E-state index is -0.0214. The van der Waals surface area contributed by atoms with E-state index >= 15 is 0 Å². The Labute approximate surface area is 152 Å². The van der Waals surface area contributed by atoms with Gasteiger partial charge in [-0.05, 0) is 38.3 Å². The zero-order valence-electron chi connectivity index (χ0n) is 14.7. The Bertz CT molecular complexity index is 693. The highest BCUT2D eigenvalue weighted by molar-refractivity contribution is 7.99. The molecule has 0 aliphatic carbocycles. The lowest BCUT2D eigenvalue weighted by Crippen LogP contribution is -2.25. The van der Waals surface area contributed by atoms with Gasteiger partial charge in [0.05, 0.1) is 5.75 Å². The fraction of sp³-hybridized carbons (Fsp3) is 0.529. The van der Waals surface area contributed by atoms with Crippen molar-refractivity contribution in [1.29, 1.82) is 0 Å². The zero-order valence-corrected chi connectivity index (χ0v) is 15.5. The van der Waals surface area contributed by atoms with Crippen molar-refractivity contribution in [1.82, 2.24) is 25.1 Å². The summed E-state index contributed by atoms with van der Waals surface area (Å²) in [5.74, 6) is 1.33. The summed E-state index contributed by atoms with van der Waals surface area (Å²) in [4.78, 5) is 18.9. The molecule has 7 nitrogen and oxygen atoms in total. The number of nitrogens with one attached hydrogen (secondary N) is 1. The van der Waals surface area contributed by atoms with Crippen LogP contribution in [-0.2, 0) is 11.3 Å². The van der Waals surface area contributed by atoms with E-state index < -0.39 is 0 Å². The highest BCUT2D eigenvalue weighted by Gasteiger charge is 2.13. The highest BCUT2D eigenvalue weighted by atomic mass is 32.2. The van der Waals surface area contributed by atoms with Crippen LogP contribution in [0, 0.1) is 0 Å². The Morgan fingerprint density at radius 3 is 2.80 bits per heavy atom. The molecular weight excluding hydrogens is 336 g/mol. The molecule has 1 fully saturated rings. The molecule has 0 saturated carbocycles. The van der Waals surface area contributed by atoms with E-state index in [2.05, 4.69) is 39.2 Å². The van der Waals surface area contributed by atoms with Crippen LogP contribution in [0.25, 0.3) is 0 Å². The second-order valence-corrected chi connectivity index (χ2v) is 7.34. The lowest BCUT2D eigenvalue weighted by atomic mass is 10.2. The molecule has 2 aromatic heterocycles. The molecule has 3 heterocycles. The van der Waals surface area contributed by atoms with Gasteiger partial charge in [0.2, 0.25) is 5.91 Å². The molecule has 3 rings (SSSR count). The zero-order chi connectivity index (χ0) is 17.6. The predicted octanol–water partition coefficient (Wildman–Crippen LogP) is 2.26. The minimum Gasteiger partial charge on any atom is -0.357 e. The van der Waals surface area contributed by atoms with Crippen molar-refractivity contribution in [3.05, 3.63) is 30.2 Å². The Morgan fingerprint density at radius 2 is 2.12 bits per heavy atom. The van der Waals surface area contributed by atoms with Crippen LogP contribution >= 0.6 is 11.8 Å². The molecule has 0 bridgehead atoms. The summed E-state index contributed by atoms with van der Waals surface area (Å²) < 4.78 is 1.96. The summed E-state index contributed by atoms with van der Waals surface area (Å²) in [5.41, 5.74) is 1.01. The van der Waals surface area contributed by atoms with Crippen LogP contribution in [0.5, 0.6) is 0 Å². The van der Waals surface area contributed by atoms with E-state index in [-0.39, 0.29) is 11.9 Å². The standard InChI is InChI=1S/C17H24N6OS/c1-13(2)23-12-20-21-17(23)25-11-16(24)19-10-14-5-6-15(18-9-14)22-7-3-4-8-22/h5-6,9,12-13H,3-4,7-8,10-11H2,1-2H3,(H,19,24). The monoisotopic (exact) mass is 360 g/mol. The lowest BCUT2D eigenvalue weighted by molar-refractivity contribution is -0.118. The van der Waals surface area contributed by atoms with Crippen LogP contribution in [0.3, 0.4) is 0 Å². The number of carbonyl (C=O) groups excluding carboxylic acids is 1. The maximum Gasteiger partial charge on any atom is 0.230 e. The number of aromatic nitrogens is 4. The molecule has 0 atom stereocenters. The van der Waals surface area contributed by atoms with E-state index in [1.165, 1.54) is 24.6 Å². The third-order valence-corrected chi connectivity index (χ3v) is 5.11. The minimum absolute atomic E-state index is 0.0214. The average Bonchev–Trinajstić information content (AvgIpc) is 3.30. The van der Waals surface area contributed by atoms with E-state index in [0.717, 1.165) is 29.6 Å². The quantitative estimate of drug-likeness (QED) is 0.764. The number of nitrogens with zero attached hydrogens (tertiary/aromatic N) is 5. The first-order valence-corrected chi connectivity index (χ1v) is 9.61. The molecule has 25 heavy (non-hydrogen) atoms. The van der Waals surface area contributed by atoms with Crippen LogP contribution in [0.1, 0.15) is 38.3 Å². The van der Waals surface area contributed by atoms with Gasteiger partial charge < -0.3 is 14.8 Å². The summed E-state index contributed by atoms with van der Waals surface area (Å²) in [5, 5.41) is 11.7. The first-order valence-electron chi connectivity index (χ1n) is 8.62. The first-order chi connectivity index (χ1) is 12.1. The molecular formula is C17H24N6OS. The maximum atomic E-state index is 12.1. The number of rotatable bonds is 7. The number of anilines is 1. The van der Waals surface area contributed by atoms with Crippen molar-refractivity contribution in [2.75, 3.05) is 23.7 Å². The van der Waals surface area contributed by atoms with E-state index in [9.17, 15) is 4.79 Å². The Balaban J connectivity index is 1.45. The summed E-state index contributed by atoms with van der Waals surface area (Å²) in [6, 6.07) is 4.34. The lowest BCUT2D eigenvalue weighted by Gasteiger charge is -2.16. The molecule has 0 spiro atoms. The number of thioether (sulfide) groups is 1. The summed E-state index contributed by atoms with van der Waals surface area (Å²) >= 11 is 1.40. The van der Waals surface area contributed by atoms with Crippen LogP contribution in [0.2, 0.25) is 0 Å². The number of hydrogen-bond acceptors (Lipinski definition) is 6. The molecule has 0 radical (unpaired) electrons. The summed E-state index contributed by atoms with van der Waals surface area (Å²) in [6.45, 7) is 6.78. The molecule has 8 heteroatoms. The third-order valence-electron chi connectivity index (χ3n) is 4.16. The molecule has 1 N–H and O–H groups in total. The molecule has 134 valence electrons. The van der Waals surface area contributed by atoms with Gasteiger partial charge in [0.25, 0.3) is 0 Å². The molecule has 2 aromatic rings. The van der Waals surface area contributed by atoms with Gasteiger partial charge in [0.15, 0.2) is 5.16 Å². The highest BCUT2D eigenvalue weighted by Crippen LogP contribution is 2.19. The molecule has 1 saturated heterocycles. The van der Waals surface area contributed by atoms with Crippen LogP contribution < -0.4 is 10.2 Å². The normalized spacial score (nSPS) is 14.3. The smallest absolute Gasteiger partial charge is 0.230 e. The molecule has 1 aliphatic heterocycles. The van der Waals surface area contributed by atoms with Gasteiger partial charge in [0.1, 0.15) is 12.1 Å². The SMILES string of the molecule is CC(C)n1cnnc1SCC(=O)NCc1ccc(N2CCCC2)nc1. The van der Waals surface area contributed by atoms with Crippen molar-refractivity contribution in [2.24, 2.45) is 0 Å². The van der Waals surface area contributed by atoms with Gasteiger partial charge >= 0.3 is 0 Å². The second kappa shape index (κ2) is 8.33. The van der Waals surface area contributed by atoms with E-state index in [1.54, 1.807) is 6.33 Å². The molecule has 1 aliphatic rings. The summed E-state index contributed by atoms with van der Waals surface area (Å²) in [6.07, 6.45) is 6.01. The van der Waals surface area contributed by atoms with Gasteiger partial charge in [-0.15, -0.1) is 10.2 Å². The molecule has 0 unspecified atom stereocenters. The summed E-state index contributed by atoms with van der Waals surface area (Å²) in [7, 11) is 0. The van der Waals surface area contributed by atoms with Crippen molar-refractivity contribution in [2.45, 2.75) is 44.4 Å². The Morgan fingerprint density at radius 1 is 1.32 bits per heavy atom. The topological polar surface area (TPSA) is 75.9 Å². The predicted molar refractivity (Wildman–Crippen MR) is 98.7 cm³/mol. The molecule has 0 aromatic carbocycles. The third kappa shape index (κ3) is 4.72. The Kier molecular flexibility index (Phi) is 5.91. The van der Waals surface area contributed by atoms with Crippen molar-refractivity contribution in [3.8, 4) is 0 Å². The van der Waals surface area contributed by atoms with Crippen molar-refractivity contribution < 1.29 is 4.79 Å². The fourth-order valence-corrected chi connectivity index (χ4v) is 3.60. The van der Waals surface area contributed by atoms with E-state index in [1.807, 2.05) is 22.9 Å². The number of amides is 1. The van der Waals surface area contributed by atoms with Crippen LogP contribution in [0.4, 0.5) is 5.82 Å². The van der Waals surface area contributed by atoms with Gasteiger partial charge in [-0.1, -0.05) is 17.8 Å². The number of carbonyl (C=O) groups is 1. The van der Waals surface area contributed by atoms with Crippen molar-refractivity contribution >= 4 is 23.5 Å². The Hall–Kier alpha value is -2.09. The maximum absolute atomic E-state index is 12.1. The van der Waals surface area contributed by atoms with Crippen LogP contribution in [0.15, 0.2) is 29.8 Å². The number of pyridine rings is 1. The van der Waals surface area contributed by atoms with Gasteiger partial charge in [0, 0.05) is 31.9 Å². The van der Waals surface area contributed by atoms with Crippen molar-refractivity contribution in [3.63, 3.8) is 0 Å².